The van der Waals surface area contributed by atoms with Crippen LogP contribution < -0.4 is 10.6 Å². The molecule has 10 heteroatoms. The Bertz CT molecular complexity index is 1500. The Morgan fingerprint density at radius 1 is 1.08 bits per heavy atom. The number of carbonyl (C=O) groups excluding carboxylic acids is 1. The number of pyridine rings is 1. The van der Waals surface area contributed by atoms with Gasteiger partial charge >= 0.3 is 0 Å². The summed E-state index contributed by atoms with van der Waals surface area (Å²) in [4.78, 5) is 26.2. The average molecular weight is 521 g/mol. The molecule has 3 aromatic heterocycles. The van der Waals surface area contributed by atoms with E-state index in [1.54, 1.807) is 6.07 Å². The van der Waals surface area contributed by atoms with E-state index in [1.807, 2.05) is 36.5 Å². The molecule has 6 rings (SSSR count). The van der Waals surface area contributed by atoms with Crippen LogP contribution in [-0.4, -0.2) is 35.7 Å². The quantitative estimate of drug-likeness (QED) is 0.325. The fourth-order valence-corrected chi connectivity index (χ4v) is 5.16. The summed E-state index contributed by atoms with van der Waals surface area (Å²) in [5.41, 5.74) is 4.15. The van der Waals surface area contributed by atoms with Crippen LogP contribution in [0.2, 0.25) is 5.02 Å². The first-order valence-corrected chi connectivity index (χ1v) is 13.9. The smallest absolute Gasteiger partial charge is 0.229 e. The largest absolute Gasteiger partial charge is 0.364 e. The summed E-state index contributed by atoms with van der Waals surface area (Å²) in [6, 6.07) is 13.5. The summed E-state index contributed by atoms with van der Waals surface area (Å²) in [6.07, 6.45) is 8.93. The monoisotopic (exact) mass is 520 g/mol. The normalized spacial score (nSPS) is 19.7. The molecule has 0 saturated heterocycles. The van der Waals surface area contributed by atoms with E-state index in [2.05, 4.69) is 42.2 Å². The maximum atomic E-state index is 12.9. The van der Waals surface area contributed by atoms with Crippen molar-refractivity contribution in [2.75, 3.05) is 16.9 Å². The van der Waals surface area contributed by atoms with Gasteiger partial charge in [-0.2, -0.15) is 0 Å². The fraction of sp³-hybridized carbons (Fsp3) is 0.308. The predicted octanol–water partition coefficient (Wildman–Crippen LogP) is 4.75. The van der Waals surface area contributed by atoms with E-state index in [-0.39, 0.29) is 22.9 Å². The molecule has 184 valence electrons. The number of benzene rings is 1. The van der Waals surface area contributed by atoms with Gasteiger partial charge in [0.2, 0.25) is 11.1 Å². The van der Waals surface area contributed by atoms with E-state index < -0.39 is 10.8 Å². The summed E-state index contributed by atoms with van der Waals surface area (Å²) in [7, 11) is -1.41. The minimum Gasteiger partial charge on any atom is -0.364 e. The summed E-state index contributed by atoms with van der Waals surface area (Å²) < 4.78 is 14.2. The van der Waals surface area contributed by atoms with Crippen molar-refractivity contribution in [3.8, 4) is 0 Å². The number of carbonyl (C=O) groups is 1. The first kappa shape index (κ1) is 23.1. The summed E-state index contributed by atoms with van der Waals surface area (Å²) in [5.74, 6) is 1.34. The Morgan fingerprint density at radius 3 is 2.69 bits per heavy atom. The van der Waals surface area contributed by atoms with Gasteiger partial charge < -0.3 is 15.0 Å². The van der Waals surface area contributed by atoms with Gasteiger partial charge in [-0.3, -0.25) is 9.00 Å². The van der Waals surface area contributed by atoms with Crippen molar-refractivity contribution in [2.24, 2.45) is 5.92 Å². The predicted molar refractivity (Wildman–Crippen MR) is 140 cm³/mol. The Labute approximate surface area is 216 Å². The van der Waals surface area contributed by atoms with E-state index in [0.717, 1.165) is 23.3 Å². The highest BCUT2D eigenvalue weighted by molar-refractivity contribution is 7.84. The van der Waals surface area contributed by atoms with Crippen LogP contribution in [0.5, 0.6) is 0 Å². The summed E-state index contributed by atoms with van der Waals surface area (Å²) in [5, 5.41) is 6.93. The first-order chi connectivity index (χ1) is 17.4. The lowest BCUT2D eigenvalue weighted by Gasteiger charge is -2.09. The van der Waals surface area contributed by atoms with E-state index >= 15 is 0 Å². The lowest BCUT2D eigenvalue weighted by molar-refractivity contribution is -0.117. The van der Waals surface area contributed by atoms with Crippen molar-refractivity contribution in [1.82, 2.24) is 19.4 Å². The molecule has 0 radical (unpaired) electrons. The third kappa shape index (κ3) is 4.99. The van der Waals surface area contributed by atoms with Crippen LogP contribution >= 0.6 is 11.6 Å². The van der Waals surface area contributed by atoms with E-state index in [4.69, 9.17) is 11.6 Å². The number of fused-ring (bicyclic) bond motifs is 1. The molecule has 2 unspecified atom stereocenters. The number of anilines is 2. The Kier molecular flexibility index (Phi) is 5.97. The van der Waals surface area contributed by atoms with Gasteiger partial charge in [-0.15, -0.1) is 0 Å². The van der Waals surface area contributed by atoms with Crippen LogP contribution in [0.15, 0.2) is 60.0 Å². The number of hydrogen-bond donors (Lipinski definition) is 2. The second-order valence-electron chi connectivity index (χ2n) is 9.46. The molecule has 2 aliphatic rings. The maximum absolute atomic E-state index is 12.9. The molecular weight excluding hydrogens is 496 g/mol. The Morgan fingerprint density at radius 2 is 1.92 bits per heavy atom. The number of nitrogens with zero attached hydrogens (tertiary/aromatic N) is 4. The molecule has 2 saturated carbocycles. The second-order valence-corrected chi connectivity index (χ2v) is 11.2. The molecule has 1 aromatic carbocycles. The van der Waals surface area contributed by atoms with Crippen LogP contribution in [0.3, 0.4) is 0 Å². The van der Waals surface area contributed by atoms with Crippen LogP contribution in [0.1, 0.15) is 47.9 Å². The molecule has 3 atom stereocenters. The number of halogens is 1. The SMILES string of the molecule is CS(=O)c1nc(NCc2cn3cc(C4CC4)ccc3n2)cc(NC(=O)[C@@H]2CC2c2cccc(Cl)c2)n1. The van der Waals surface area contributed by atoms with Gasteiger partial charge in [0.25, 0.3) is 0 Å². The molecular formula is C26H25ClN6O2S. The van der Waals surface area contributed by atoms with E-state index in [9.17, 15) is 9.00 Å². The van der Waals surface area contributed by atoms with E-state index in [0.29, 0.717) is 29.1 Å². The lowest BCUT2D eigenvalue weighted by Crippen LogP contribution is -2.17. The van der Waals surface area contributed by atoms with Gasteiger partial charge in [0.05, 0.1) is 23.0 Å². The van der Waals surface area contributed by atoms with Gasteiger partial charge in [-0.25, -0.2) is 15.0 Å². The van der Waals surface area contributed by atoms with Crippen molar-refractivity contribution in [3.05, 3.63) is 76.7 Å². The maximum Gasteiger partial charge on any atom is 0.229 e. The first-order valence-electron chi connectivity index (χ1n) is 11.9. The van der Waals surface area contributed by atoms with Crippen LogP contribution in [0.25, 0.3) is 5.65 Å². The summed E-state index contributed by atoms with van der Waals surface area (Å²) in [6.45, 7) is 0.431. The van der Waals surface area contributed by atoms with Crippen molar-refractivity contribution in [3.63, 3.8) is 0 Å². The van der Waals surface area contributed by atoms with Crippen molar-refractivity contribution < 1.29 is 9.00 Å². The van der Waals surface area contributed by atoms with Gasteiger partial charge in [0, 0.05) is 35.7 Å². The van der Waals surface area contributed by atoms with Crippen LogP contribution in [0, 0.1) is 5.92 Å². The average Bonchev–Trinajstić information content (AvgIpc) is 3.78. The van der Waals surface area contributed by atoms with Crippen LogP contribution in [0.4, 0.5) is 11.6 Å². The molecule has 1 amide bonds. The highest BCUT2D eigenvalue weighted by Crippen LogP contribution is 2.48. The zero-order chi connectivity index (χ0) is 24.8. The van der Waals surface area contributed by atoms with E-state index in [1.165, 1.54) is 24.7 Å². The lowest BCUT2D eigenvalue weighted by atomic mass is 10.1. The molecule has 0 bridgehead atoms. The number of imidazole rings is 1. The fourth-order valence-electron chi connectivity index (χ4n) is 4.50. The Balaban J connectivity index is 1.15. The van der Waals surface area contributed by atoms with Crippen molar-refractivity contribution >= 4 is 45.6 Å². The molecule has 2 fully saturated rings. The number of rotatable bonds is 8. The molecule has 0 spiro atoms. The minimum absolute atomic E-state index is 0.121. The number of aromatic nitrogens is 4. The second kappa shape index (κ2) is 9.29. The highest BCUT2D eigenvalue weighted by atomic mass is 35.5. The molecule has 36 heavy (non-hydrogen) atoms. The minimum atomic E-state index is -1.41. The molecule has 4 aromatic rings. The molecule has 8 nitrogen and oxygen atoms in total. The Hall–Kier alpha value is -3.30. The summed E-state index contributed by atoms with van der Waals surface area (Å²) >= 11 is 6.10. The van der Waals surface area contributed by atoms with Gasteiger partial charge in [0.1, 0.15) is 17.3 Å². The molecule has 2 aliphatic carbocycles. The van der Waals surface area contributed by atoms with Gasteiger partial charge in [-0.05, 0) is 60.4 Å². The van der Waals surface area contributed by atoms with Gasteiger partial charge in [0.15, 0.2) is 0 Å². The van der Waals surface area contributed by atoms with Crippen LogP contribution in [-0.2, 0) is 22.1 Å². The number of hydrogen-bond acceptors (Lipinski definition) is 6. The molecule has 3 heterocycles. The highest BCUT2D eigenvalue weighted by Gasteiger charge is 2.44. The topological polar surface area (TPSA) is 101 Å². The van der Waals surface area contributed by atoms with Crippen molar-refractivity contribution in [2.45, 2.75) is 42.8 Å². The van der Waals surface area contributed by atoms with Gasteiger partial charge in [-0.1, -0.05) is 29.8 Å². The van der Waals surface area contributed by atoms with Crippen molar-refractivity contribution in [1.29, 1.82) is 0 Å². The third-order valence-electron chi connectivity index (χ3n) is 6.64. The molecule has 2 N–H and O–H groups in total. The molecule has 0 aliphatic heterocycles. The zero-order valence-electron chi connectivity index (χ0n) is 19.6. The zero-order valence-corrected chi connectivity index (χ0v) is 21.2. The third-order valence-corrected chi connectivity index (χ3v) is 7.57. The number of amides is 1. The standard InChI is InChI=1S/C26H25ClN6O2S/c1-36(35)26-31-22(28-12-19-14-33-13-17(15-5-6-15)7-8-24(33)29-19)11-23(32-26)30-25(34)21-10-20(21)16-3-2-4-18(27)9-16/h2-4,7-9,11,13-15,20-21H,5-6,10,12H2,1H3,(H2,28,30,31,32,34)/t20?,21-,36?/m1/s1. The number of nitrogens with one attached hydrogen (secondary N) is 2.